The Morgan fingerprint density at radius 2 is 2.19 bits per heavy atom. The predicted octanol–water partition coefficient (Wildman–Crippen LogP) is 2.64. The highest BCUT2D eigenvalue weighted by atomic mass is 16.1. The molecule has 5 nitrogen and oxygen atoms in total. The minimum Gasteiger partial charge on any atom is -0.355 e. The van der Waals surface area contributed by atoms with Crippen molar-refractivity contribution < 1.29 is 4.79 Å². The van der Waals surface area contributed by atoms with Crippen molar-refractivity contribution >= 4 is 5.91 Å². The minimum atomic E-state index is 0.166. The number of hydrogen-bond acceptors (Lipinski definition) is 3. The summed E-state index contributed by atoms with van der Waals surface area (Å²) in [5.41, 5.74) is 0. The first-order valence-electron chi connectivity index (χ1n) is 8.23. The number of nitrogens with zero attached hydrogens (tertiary/aromatic N) is 3. The Morgan fingerprint density at radius 1 is 1.48 bits per heavy atom. The number of nitrogens with one attached hydrogen (secondary N) is 1. The molecule has 21 heavy (non-hydrogen) atoms. The summed E-state index contributed by atoms with van der Waals surface area (Å²) in [6, 6.07) is 0. The maximum atomic E-state index is 12.4. The average Bonchev–Trinajstić information content (AvgIpc) is 3.13. The number of aryl methyl sites for hydroxylation is 1. The van der Waals surface area contributed by atoms with Crippen molar-refractivity contribution in [3.63, 3.8) is 0 Å². The second-order valence-electron chi connectivity index (χ2n) is 6.44. The van der Waals surface area contributed by atoms with Gasteiger partial charge in [0.15, 0.2) is 0 Å². The monoisotopic (exact) mass is 292 g/mol. The van der Waals surface area contributed by atoms with Crippen LogP contribution in [-0.2, 0) is 11.8 Å². The molecule has 1 aliphatic carbocycles. The molecule has 0 spiro atoms. The topological polar surface area (TPSA) is 59.8 Å². The first kappa shape index (κ1) is 16.0. The summed E-state index contributed by atoms with van der Waals surface area (Å²) in [6.45, 7) is 4.82. The van der Waals surface area contributed by atoms with Crippen LogP contribution in [0.25, 0.3) is 0 Å². The van der Waals surface area contributed by atoms with E-state index in [1.807, 2.05) is 11.6 Å². The van der Waals surface area contributed by atoms with E-state index in [2.05, 4.69) is 29.4 Å². The third-order valence-electron chi connectivity index (χ3n) is 4.73. The lowest BCUT2D eigenvalue weighted by Crippen LogP contribution is -2.34. The molecule has 1 saturated carbocycles. The van der Waals surface area contributed by atoms with Crippen LogP contribution in [0.5, 0.6) is 0 Å². The lowest BCUT2D eigenvalue weighted by atomic mass is 9.90. The highest BCUT2D eigenvalue weighted by molar-refractivity contribution is 5.78. The van der Waals surface area contributed by atoms with E-state index < -0.39 is 0 Å². The standard InChI is InChI=1S/C16H28N4O/c1-4-14(9-13-7-5-6-8-13)16(21)17-10-12(2)15-19-18-11-20(15)3/h11-14H,4-10H2,1-3H3,(H,17,21)/t12-,14-/m0/s1. The van der Waals surface area contributed by atoms with Gasteiger partial charge in [0.05, 0.1) is 0 Å². The van der Waals surface area contributed by atoms with Crippen LogP contribution in [0, 0.1) is 11.8 Å². The summed E-state index contributed by atoms with van der Waals surface area (Å²) >= 11 is 0. The van der Waals surface area contributed by atoms with Crippen molar-refractivity contribution in [2.24, 2.45) is 18.9 Å². The molecular formula is C16H28N4O. The molecule has 0 radical (unpaired) electrons. The number of rotatable bonds is 7. The fraction of sp³-hybridized carbons (Fsp3) is 0.812. The highest BCUT2D eigenvalue weighted by Crippen LogP contribution is 2.31. The number of carbonyl (C=O) groups is 1. The van der Waals surface area contributed by atoms with Gasteiger partial charge in [0.25, 0.3) is 0 Å². The number of aromatic nitrogens is 3. The summed E-state index contributed by atoms with van der Waals surface area (Å²) in [5, 5.41) is 11.1. The van der Waals surface area contributed by atoms with Crippen molar-refractivity contribution in [2.45, 2.75) is 58.3 Å². The number of amides is 1. The molecule has 1 heterocycles. The molecule has 1 N–H and O–H groups in total. The molecule has 1 aromatic rings. The van der Waals surface area contributed by atoms with E-state index >= 15 is 0 Å². The molecule has 0 aromatic carbocycles. The van der Waals surface area contributed by atoms with Gasteiger partial charge in [-0.1, -0.05) is 39.5 Å². The molecule has 2 rings (SSSR count). The van der Waals surface area contributed by atoms with Gasteiger partial charge in [0.2, 0.25) is 5.91 Å². The van der Waals surface area contributed by atoms with Crippen LogP contribution in [0.15, 0.2) is 6.33 Å². The van der Waals surface area contributed by atoms with E-state index in [4.69, 9.17) is 0 Å². The Hall–Kier alpha value is -1.39. The van der Waals surface area contributed by atoms with E-state index in [1.54, 1.807) is 6.33 Å². The van der Waals surface area contributed by atoms with Gasteiger partial charge < -0.3 is 9.88 Å². The summed E-state index contributed by atoms with van der Waals surface area (Å²) in [5.74, 6) is 2.24. The molecule has 0 saturated heterocycles. The van der Waals surface area contributed by atoms with Gasteiger partial charge >= 0.3 is 0 Å². The Morgan fingerprint density at radius 3 is 2.76 bits per heavy atom. The Balaban J connectivity index is 1.80. The molecule has 1 amide bonds. The zero-order chi connectivity index (χ0) is 15.2. The largest absolute Gasteiger partial charge is 0.355 e. The summed E-state index contributed by atoms with van der Waals surface area (Å²) < 4.78 is 1.91. The smallest absolute Gasteiger partial charge is 0.223 e. The van der Waals surface area contributed by atoms with Crippen molar-refractivity contribution in [3.8, 4) is 0 Å². The zero-order valence-corrected chi connectivity index (χ0v) is 13.5. The molecular weight excluding hydrogens is 264 g/mol. The Bertz CT molecular complexity index is 451. The Kier molecular flexibility index (Phi) is 5.76. The molecule has 2 atom stereocenters. The molecule has 1 aromatic heterocycles. The fourth-order valence-electron chi connectivity index (χ4n) is 3.34. The van der Waals surface area contributed by atoms with E-state index in [-0.39, 0.29) is 17.7 Å². The molecule has 1 fully saturated rings. The molecule has 1 aliphatic rings. The van der Waals surface area contributed by atoms with Crippen molar-refractivity contribution in [2.75, 3.05) is 6.54 Å². The maximum absolute atomic E-state index is 12.4. The summed E-state index contributed by atoms with van der Waals surface area (Å²) in [7, 11) is 1.93. The van der Waals surface area contributed by atoms with E-state index in [9.17, 15) is 4.79 Å². The third-order valence-corrected chi connectivity index (χ3v) is 4.73. The predicted molar refractivity (Wildman–Crippen MR) is 82.8 cm³/mol. The number of hydrogen-bond donors (Lipinski definition) is 1. The van der Waals surface area contributed by atoms with Crippen LogP contribution in [-0.4, -0.2) is 27.2 Å². The second-order valence-corrected chi connectivity index (χ2v) is 6.44. The summed E-state index contributed by atoms with van der Waals surface area (Å²) in [4.78, 5) is 12.4. The van der Waals surface area contributed by atoms with Crippen molar-refractivity contribution in [3.05, 3.63) is 12.2 Å². The quantitative estimate of drug-likeness (QED) is 0.840. The molecule has 118 valence electrons. The Labute approximate surface area is 127 Å². The molecule has 5 heteroatoms. The van der Waals surface area contributed by atoms with E-state index in [0.717, 1.165) is 24.6 Å². The molecule has 0 aliphatic heterocycles. The lowest BCUT2D eigenvalue weighted by Gasteiger charge is -2.20. The first-order chi connectivity index (χ1) is 10.1. The van der Waals surface area contributed by atoms with Gasteiger partial charge in [-0.05, 0) is 18.8 Å². The minimum absolute atomic E-state index is 0.166. The lowest BCUT2D eigenvalue weighted by molar-refractivity contribution is -0.125. The van der Waals surface area contributed by atoms with Crippen LogP contribution < -0.4 is 5.32 Å². The average molecular weight is 292 g/mol. The van der Waals surface area contributed by atoms with Gasteiger partial charge in [0.1, 0.15) is 12.2 Å². The van der Waals surface area contributed by atoms with Crippen LogP contribution in [0.2, 0.25) is 0 Å². The van der Waals surface area contributed by atoms with Crippen molar-refractivity contribution in [1.29, 1.82) is 0 Å². The van der Waals surface area contributed by atoms with E-state index in [1.165, 1.54) is 25.7 Å². The highest BCUT2D eigenvalue weighted by Gasteiger charge is 2.24. The molecule has 0 bridgehead atoms. The van der Waals surface area contributed by atoms with Gasteiger partial charge in [-0.15, -0.1) is 10.2 Å². The SMILES string of the molecule is CC[C@@H](CC1CCCC1)C(=O)NC[C@H](C)c1nncn1C. The number of carbonyl (C=O) groups excluding carboxylic acids is 1. The summed E-state index contributed by atoms with van der Waals surface area (Å²) in [6.07, 6.45) is 8.97. The second kappa shape index (κ2) is 7.57. The first-order valence-corrected chi connectivity index (χ1v) is 8.23. The fourth-order valence-corrected chi connectivity index (χ4v) is 3.34. The zero-order valence-electron chi connectivity index (χ0n) is 13.5. The maximum Gasteiger partial charge on any atom is 0.223 e. The van der Waals surface area contributed by atoms with Gasteiger partial charge in [0, 0.05) is 25.4 Å². The van der Waals surface area contributed by atoms with Gasteiger partial charge in [-0.3, -0.25) is 4.79 Å². The van der Waals surface area contributed by atoms with Crippen LogP contribution >= 0.6 is 0 Å². The third kappa shape index (κ3) is 4.29. The van der Waals surface area contributed by atoms with E-state index in [0.29, 0.717) is 6.54 Å². The normalized spacial score (nSPS) is 18.6. The van der Waals surface area contributed by atoms with Crippen LogP contribution in [0.4, 0.5) is 0 Å². The van der Waals surface area contributed by atoms with Crippen molar-refractivity contribution in [1.82, 2.24) is 20.1 Å². The van der Waals surface area contributed by atoms with Crippen LogP contribution in [0.3, 0.4) is 0 Å². The molecule has 0 unspecified atom stereocenters. The van der Waals surface area contributed by atoms with Crippen LogP contribution in [0.1, 0.15) is 64.1 Å². The van der Waals surface area contributed by atoms with Gasteiger partial charge in [-0.25, -0.2) is 0 Å². The van der Waals surface area contributed by atoms with Gasteiger partial charge in [-0.2, -0.15) is 0 Å².